The van der Waals surface area contributed by atoms with E-state index >= 15 is 0 Å². The Morgan fingerprint density at radius 2 is 1.87 bits per heavy atom. The first-order valence-electron chi connectivity index (χ1n) is 9.32. The second-order valence-corrected chi connectivity index (χ2v) is 9.73. The van der Waals surface area contributed by atoms with Crippen LogP contribution in [0.1, 0.15) is 33.5 Å². The maximum absolute atomic E-state index is 12.5. The molecule has 0 bridgehead atoms. The van der Waals surface area contributed by atoms with Crippen LogP contribution in [-0.2, 0) is 16.6 Å². The number of aryl methyl sites for hydroxylation is 2. The third-order valence-electron chi connectivity index (χ3n) is 4.30. The van der Waals surface area contributed by atoms with Crippen LogP contribution in [0.4, 0.5) is 11.4 Å². The molecule has 0 aliphatic rings. The number of carbonyl (C=O) groups is 1. The van der Waals surface area contributed by atoms with E-state index in [1.807, 2.05) is 12.3 Å². The number of ether oxygens (including phenoxy) is 1. The number of anilines is 2. The number of hydrogen-bond donors (Lipinski definition) is 2. The summed E-state index contributed by atoms with van der Waals surface area (Å²) >= 11 is 1.57. The molecule has 0 unspecified atom stereocenters. The number of nitrogens with zero attached hydrogens (tertiary/aromatic N) is 1. The third kappa shape index (κ3) is 5.80. The second-order valence-electron chi connectivity index (χ2n) is 6.66. The van der Waals surface area contributed by atoms with E-state index in [-0.39, 0.29) is 11.7 Å². The minimum atomic E-state index is -3.35. The van der Waals surface area contributed by atoms with Crippen molar-refractivity contribution in [2.45, 2.75) is 27.4 Å². The standard InChI is InChI=1S/C21H23N3O4S2/c1-4-30(26,27)24-20-10-7-17(11-14(20)2)23-21(25)16-5-8-19(9-6-16)28-12-18-13-29-15(3)22-18/h5-11,13,24H,4,12H2,1-3H3,(H,23,25). The molecule has 0 radical (unpaired) electrons. The number of aromatic nitrogens is 1. The summed E-state index contributed by atoms with van der Waals surface area (Å²) in [7, 11) is -3.35. The van der Waals surface area contributed by atoms with Crippen LogP contribution in [0.5, 0.6) is 5.75 Å². The van der Waals surface area contributed by atoms with Gasteiger partial charge in [-0.05, 0) is 68.8 Å². The highest BCUT2D eigenvalue weighted by atomic mass is 32.2. The van der Waals surface area contributed by atoms with Gasteiger partial charge in [-0.1, -0.05) is 0 Å². The number of carbonyl (C=O) groups excluding carboxylic acids is 1. The lowest BCUT2D eigenvalue weighted by Gasteiger charge is -2.12. The van der Waals surface area contributed by atoms with Gasteiger partial charge in [0.2, 0.25) is 10.0 Å². The zero-order valence-corrected chi connectivity index (χ0v) is 18.6. The van der Waals surface area contributed by atoms with E-state index < -0.39 is 10.0 Å². The van der Waals surface area contributed by atoms with E-state index in [9.17, 15) is 13.2 Å². The predicted molar refractivity (Wildman–Crippen MR) is 120 cm³/mol. The van der Waals surface area contributed by atoms with Gasteiger partial charge in [0, 0.05) is 16.6 Å². The van der Waals surface area contributed by atoms with Crippen LogP contribution >= 0.6 is 11.3 Å². The quantitative estimate of drug-likeness (QED) is 0.537. The topological polar surface area (TPSA) is 97.4 Å². The molecule has 3 aromatic rings. The molecule has 1 heterocycles. The molecule has 0 fully saturated rings. The lowest BCUT2D eigenvalue weighted by Crippen LogP contribution is -2.16. The Bertz CT molecular complexity index is 1140. The van der Waals surface area contributed by atoms with Crippen molar-refractivity contribution in [3.05, 3.63) is 69.7 Å². The van der Waals surface area contributed by atoms with Crippen LogP contribution in [0.25, 0.3) is 0 Å². The Kier molecular flexibility index (Phi) is 6.73. The van der Waals surface area contributed by atoms with Crippen LogP contribution in [0.3, 0.4) is 0 Å². The lowest BCUT2D eigenvalue weighted by molar-refractivity contribution is 0.102. The van der Waals surface area contributed by atoms with Gasteiger partial charge in [-0.15, -0.1) is 11.3 Å². The van der Waals surface area contributed by atoms with Crippen molar-refractivity contribution in [3.8, 4) is 5.75 Å². The van der Waals surface area contributed by atoms with Crippen molar-refractivity contribution in [1.82, 2.24) is 4.98 Å². The molecule has 9 heteroatoms. The Hall–Kier alpha value is -2.91. The first kappa shape index (κ1) is 21.8. The number of rotatable bonds is 8. The molecule has 0 aliphatic heterocycles. The zero-order valence-electron chi connectivity index (χ0n) is 16.9. The van der Waals surface area contributed by atoms with E-state index in [2.05, 4.69) is 15.0 Å². The highest BCUT2D eigenvalue weighted by Crippen LogP contribution is 2.22. The molecular weight excluding hydrogens is 422 g/mol. The maximum Gasteiger partial charge on any atom is 0.255 e. The van der Waals surface area contributed by atoms with Gasteiger partial charge in [-0.2, -0.15) is 0 Å². The summed E-state index contributed by atoms with van der Waals surface area (Å²) in [5, 5.41) is 5.77. The van der Waals surface area contributed by atoms with Crippen LogP contribution < -0.4 is 14.8 Å². The summed E-state index contributed by atoms with van der Waals surface area (Å²) in [6, 6.07) is 11.9. The normalized spacial score (nSPS) is 11.2. The van der Waals surface area contributed by atoms with Gasteiger partial charge in [0.15, 0.2) is 0 Å². The second kappa shape index (κ2) is 9.27. The van der Waals surface area contributed by atoms with E-state index in [1.54, 1.807) is 67.6 Å². The van der Waals surface area contributed by atoms with Crippen LogP contribution in [0, 0.1) is 13.8 Å². The highest BCUT2D eigenvalue weighted by molar-refractivity contribution is 7.92. The summed E-state index contributed by atoms with van der Waals surface area (Å²) in [6.45, 7) is 5.67. The maximum atomic E-state index is 12.5. The van der Waals surface area contributed by atoms with Gasteiger partial charge in [-0.3, -0.25) is 9.52 Å². The van der Waals surface area contributed by atoms with E-state index in [1.165, 1.54) is 0 Å². The Balaban J connectivity index is 1.60. The Morgan fingerprint density at radius 1 is 1.13 bits per heavy atom. The molecule has 0 atom stereocenters. The van der Waals surface area contributed by atoms with Crippen LogP contribution in [0.2, 0.25) is 0 Å². The van der Waals surface area contributed by atoms with Gasteiger partial charge < -0.3 is 10.1 Å². The molecule has 3 rings (SSSR count). The molecule has 0 saturated carbocycles. The van der Waals surface area contributed by atoms with Crippen LogP contribution in [0.15, 0.2) is 47.8 Å². The molecule has 2 N–H and O–H groups in total. The van der Waals surface area contributed by atoms with Gasteiger partial charge in [0.1, 0.15) is 12.4 Å². The fourth-order valence-corrected chi connectivity index (χ4v) is 3.94. The average Bonchev–Trinajstić information content (AvgIpc) is 3.14. The summed E-state index contributed by atoms with van der Waals surface area (Å²) in [5.41, 5.74) is 3.15. The summed E-state index contributed by atoms with van der Waals surface area (Å²) in [5.74, 6) is 0.382. The van der Waals surface area contributed by atoms with Gasteiger partial charge in [0.05, 0.1) is 22.1 Å². The van der Waals surface area contributed by atoms with Crippen molar-refractivity contribution < 1.29 is 17.9 Å². The molecule has 7 nitrogen and oxygen atoms in total. The smallest absolute Gasteiger partial charge is 0.255 e. The number of sulfonamides is 1. The van der Waals surface area contributed by atoms with E-state index in [0.29, 0.717) is 34.9 Å². The summed E-state index contributed by atoms with van der Waals surface area (Å²) in [6.07, 6.45) is 0. The number of amides is 1. The fraction of sp³-hybridized carbons (Fsp3) is 0.238. The van der Waals surface area contributed by atoms with Crippen LogP contribution in [-0.4, -0.2) is 25.1 Å². The highest BCUT2D eigenvalue weighted by Gasteiger charge is 2.11. The molecule has 1 aromatic heterocycles. The number of nitrogens with one attached hydrogen (secondary N) is 2. The van der Waals surface area contributed by atoms with E-state index in [4.69, 9.17) is 4.74 Å². The summed E-state index contributed by atoms with van der Waals surface area (Å²) < 4.78 is 31.7. The molecule has 30 heavy (non-hydrogen) atoms. The lowest BCUT2D eigenvalue weighted by atomic mass is 10.1. The zero-order chi connectivity index (χ0) is 21.7. The van der Waals surface area contributed by atoms with Crippen molar-refractivity contribution in [2.75, 3.05) is 15.8 Å². The monoisotopic (exact) mass is 445 g/mol. The van der Waals surface area contributed by atoms with Gasteiger partial charge in [0.25, 0.3) is 5.91 Å². The third-order valence-corrected chi connectivity index (χ3v) is 6.41. The van der Waals surface area contributed by atoms with Crippen molar-refractivity contribution in [2.24, 2.45) is 0 Å². The SMILES string of the molecule is CCS(=O)(=O)Nc1ccc(NC(=O)c2ccc(OCc3csc(C)n3)cc2)cc1C. The first-order chi connectivity index (χ1) is 14.3. The number of thiazole rings is 1. The molecule has 1 amide bonds. The molecule has 0 saturated heterocycles. The molecule has 0 aliphatic carbocycles. The fourth-order valence-electron chi connectivity index (χ4n) is 2.63. The van der Waals surface area contributed by atoms with E-state index in [0.717, 1.165) is 10.7 Å². The Labute approximate surface area is 180 Å². The minimum absolute atomic E-state index is 0.00590. The predicted octanol–water partition coefficient (Wildman–Crippen LogP) is 4.35. The molecular formula is C21H23N3O4S2. The van der Waals surface area contributed by atoms with Gasteiger partial charge >= 0.3 is 0 Å². The minimum Gasteiger partial charge on any atom is -0.487 e. The number of benzene rings is 2. The summed E-state index contributed by atoms with van der Waals surface area (Å²) in [4.78, 5) is 16.9. The molecule has 2 aromatic carbocycles. The largest absolute Gasteiger partial charge is 0.487 e. The van der Waals surface area contributed by atoms with Gasteiger partial charge in [-0.25, -0.2) is 13.4 Å². The molecule has 158 valence electrons. The number of hydrogen-bond acceptors (Lipinski definition) is 6. The van der Waals surface area contributed by atoms with Crippen molar-refractivity contribution in [1.29, 1.82) is 0 Å². The average molecular weight is 446 g/mol. The first-order valence-corrected chi connectivity index (χ1v) is 11.9. The molecule has 0 spiro atoms. The van der Waals surface area contributed by atoms with Crippen molar-refractivity contribution in [3.63, 3.8) is 0 Å². The Morgan fingerprint density at radius 3 is 2.47 bits per heavy atom. The van der Waals surface area contributed by atoms with Crippen molar-refractivity contribution >= 4 is 38.6 Å².